The highest BCUT2D eigenvalue weighted by Crippen LogP contribution is 2.11. The Labute approximate surface area is 73.9 Å². The zero-order valence-electron chi connectivity index (χ0n) is 7.51. The fourth-order valence-electron chi connectivity index (χ4n) is 1.70. The van der Waals surface area contributed by atoms with Crippen molar-refractivity contribution >= 4 is 0 Å². The summed E-state index contributed by atoms with van der Waals surface area (Å²) in [5, 5.41) is 6.59. The van der Waals surface area contributed by atoms with Crippen molar-refractivity contribution in [2.45, 2.75) is 18.9 Å². The molecule has 2 saturated heterocycles. The Morgan fingerprint density at radius 1 is 1.08 bits per heavy atom. The Kier molecular flexibility index (Phi) is 2.98. The average Bonchev–Trinajstić information content (AvgIpc) is 2.04. The number of piperidine rings is 1. The van der Waals surface area contributed by atoms with E-state index in [1.54, 1.807) is 0 Å². The molecule has 0 unspecified atom stereocenters. The molecule has 70 valence electrons. The molecule has 3 heteroatoms. The smallest absolute Gasteiger partial charge is 0.0599 e. The molecule has 0 aromatic carbocycles. The molecule has 2 rings (SSSR count). The van der Waals surface area contributed by atoms with Gasteiger partial charge in [-0.05, 0) is 25.9 Å². The van der Waals surface area contributed by atoms with Crippen molar-refractivity contribution in [2.24, 2.45) is 5.92 Å². The lowest BCUT2D eigenvalue weighted by atomic mass is 10.0. The highest BCUT2D eigenvalue weighted by molar-refractivity contribution is 4.75. The summed E-state index contributed by atoms with van der Waals surface area (Å²) in [6.07, 6.45) is 2.92. The molecule has 0 amide bonds. The van der Waals surface area contributed by atoms with E-state index in [1.807, 2.05) is 0 Å². The molecule has 0 aliphatic carbocycles. The lowest BCUT2D eigenvalue weighted by Gasteiger charge is -2.30. The first-order chi connectivity index (χ1) is 5.95. The molecule has 0 aromatic heterocycles. The van der Waals surface area contributed by atoms with Crippen LogP contribution < -0.4 is 10.6 Å². The van der Waals surface area contributed by atoms with Gasteiger partial charge in [0.2, 0.25) is 0 Å². The summed E-state index contributed by atoms with van der Waals surface area (Å²) in [5.41, 5.74) is 0. The fraction of sp³-hybridized carbons (Fsp3) is 1.00. The SMILES string of the molecule is C1CC(OCC2CNC2)CCN1. The van der Waals surface area contributed by atoms with Crippen LogP contribution in [0.1, 0.15) is 12.8 Å². The van der Waals surface area contributed by atoms with Crippen molar-refractivity contribution in [3.05, 3.63) is 0 Å². The highest BCUT2D eigenvalue weighted by Gasteiger charge is 2.20. The Morgan fingerprint density at radius 3 is 2.42 bits per heavy atom. The van der Waals surface area contributed by atoms with Gasteiger partial charge >= 0.3 is 0 Å². The van der Waals surface area contributed by atoms with Crippen molar-refractivity contribution in [1.82, 2.24) is 10.6 Å². The van der Waals surface area contributed by atoms with Crippen LogP contribution in [-0.4, -0.2) is 38.9 Å². The van der Waals surface area contributed by atoms with Crippen LogP contribution in [0.5, 0.6) is 0 Å². The molecule has 0 atom stereocenters. The van der Waals surface area contributed by atoms with Gasteiger partial charge in [0.05, 0.1) is 12.7 Å². The molecule has 3 nitrogen and oxygen atoms in total. The van der Waals surface area contributed by atoms with Crippen molar-refractivity contribution in [3.63, 3.8) is 0 Å². The quantitative estimate of drug-likeness (QED) is 0.624. The lowest BCUT2D eigenvalue weighted by Crippen LogP contribution is -2.45. The maximum Gasteiger partial charge on any atom is 0.0599 e. The molecule has 0 saturated carbocycles. The van der Waals surface area contributed by atoms with E-state index in [0.29, 0.717) is 6.10 Å². The molecule has 0 spiro atoms. The minimum atomic E-state index is 0.534. The second-order valence-corrected chi connectivity index (χ2v) is 3.81. The number of hydrogen-bond donors (Lipinski definition) is 2. The standard InChI is InChI=1S/C9H18N2O/c1-3-10-4-2-9(1)12-7-8-5-11-6-8/h8-11H,1-7H2. The first-order valence-electron chi connectivity index (χ1n) is 4.98. The summed E-state index contributed by atoms with van der Waals surface area (Å²) >= 11 is 0. The van der Waals surface area contributed by atoms with E-state index in [9.17, 15) is 0 Å². The summed E-state index contributed by atoms with van der Waals surface area (Å²) in [6.45, 7) is 5.55. The summed E-state index contributed by atoms with van der Waals surface area (Å²) in [6, 6.07) is 0. The van der Waals surface area contributed by atoms with Gasteiger partial charge in [0, 0.05) is 19.0 Å². The zero-order valence-corrected chi connectivity index (χ0v) is 7.51. The minimum absolute atomic E-state index is 0.534. The molecular formula is C9H18N2O. The van der Waals surface area contributed by atoms with Crippen LogP contribution in [0.4, 0.5) is 0 Å². The van der Waals surface area contributed by atoms with Crippen LogP contribution in [-0.2, 0) is 4.74 Å². The van der Waals surface area contributed by atoms with Gasteiger partial charge < -0.3 is 15.4 Å². The minimum Gasteiger partial charge on any atom is -0.378 e. The Morgan fingerprint density at radius 2 is 1.83 bits per heavy atom. The summed E-state index contributed by atoms with van der Waals surface area (Å²) in [7, 11) is 0. The van der Waals surface area contributed by atoms with Gasteiger partial charge in [-0.15, -0.1) is 0 Å². The van der Waals surface area contributed by atoms with Crippen molar-refractivity contribution in [1.29, 1.82) is 0 Å². The summed E-state index contributed by atoms with van der Waals surface area (Å²) < 4.78 is 5.81. The van der Waals surface area contributed by atoms with E-state index in [0.717, 1.165) is 38.7 Å². The fourth-order valence-corrected chi connectivity index (χ4v) is 1.70. The van der Waals surface area contributed by atoms with Gasteiger partial charge in [0.1, 0.15) is 0 Å². The Hall–Kier alpha value is -0.120. The van der Waals surface area contributed by atoms with E-state index in [-0.39, 0.29) is 0 Å². The zero-order chi connectivity index (χ0) is 8.23. The van der Waals surface area contributed by atoms with Crippen molar-refractivity contribution in [3.8, 4) is 0 Å². The topological polar surface area (TPSA) is 33.3 Å². The number of nitrogens with one attached hydrogen (secondary N) is 2. The van der Waals surface area contributed by atoms with Crippen LogP contribution in [0.15, 0.2) is 0 Å². The van der Waals surface area contributed by atoms with E-state index < -0.39 is 0 Å². The number of rotatable bonds is 3. The molecule has 2 heterocycles. The van der Waals surface area contributed by atoms with Gasteiger partial charge in [-0.1, -0.05) is 0 Å². The molecule has 12 heavy (non-hydrogen) atoms. The molecule has 0 radical (unpaired) electrons. The second kappa shape index (κ2) is 4.21. The molecular weight excluding hydrogens is 152 g/mol. The molecule has 2 N–H and O–H groups in total. The van der Waals surface area contributed by atoms with Gasteiger partial charge in [-0.25, -0.2) is 0 Å². The predicted molar refractivity (Wildman–Crippen MR) is 48.2 cm³/mol. The second-order valence-electron chi connectivity index (χ2n) is 3.81. The van der Waals surface area contributed by atoms with Crippen molar-refractivity contribution in [2.75, 3.05) is 32.8 Å². The van der Waals surface area contributed by atoms with E-state index >= 15 is 0 Å². The maximum absolute atomic E-state index is 5.81. The van der Waals surface area contributed by atoms with Crippen LogP contribution in [0, 0.1) is 5.92 Å². The molecule has 2 fully saturated rings. The predicted octanol–water partition coefficient (Wildman–Crippen LogP) is -0.0256. The summed E-state index contributed by atoms with van der Waals surface area (Å²) in [5.74, 6) is 0.792. The third kappa shape index (κ3) is 2.19. The number of ether oxygens (including phenoxy) is 1. The largest absolute Gasteiger partial charge is 0.378 e. The molecule has 2 aliphatic heterocycles. The number of hydrogen-bond acceptors (Lipinski definition) is 3. The van der Waals surface area contributed by atoms with Crippen LogP contribution in [0.2, 0.25) is 0 Å². The third-order valence-electron chi connectivity index (χ3n) is 2.72. The normalized spacial score (nSPS) is 27.0. The molecule has 2 aliphatic rings. The molecule has 0 bridgehead atoms. The lowest BCUT2D eigenvalue weighted by molar-refractivity contribution is 0.00189. The van der Waals surface area contributed by atoms with Gasteiger partial charge in [0.25, 0.3) is 0 Å². The van der Waals surface area contributed by atoms with Gasteiger partial charge in [0.15, 0.2) is 0 Å². The first kappa shape index (κ1) is 8.48. The monoisotopic (exact) mass is 170 g/mol. The third-order valence-corrected chi connectivity index (χ3v) is 2.72. The maximum atomic E-state index is 5.81. The van der Waals surface area contributed by atoms with E-state index in [2.05, 4.69) is 10.6 Å². The van der Waals surface area contributed by atoms with Crippen LogP contribution in [0.3, 0.4) is 0 Å². The van der Waals surface area contributed by atoms with Gasteiger partial charge in [-0.3, -0.25) is 0 Å². The van der Waals surface area contributed by atoms with Gasteiger partial charge in [-0.2, -0.15) is 0 Å². The highest BCUT2D eigenvalue weighted by atomic mass is 16.5. The van der Waals surface area contributed by atoms with E-state index in [1.165, 1.54) is 12.8 Å². The average molecular weight is 170 g/mol. The Balaban J connectivity index is 1.58. The van der Waals surface area contributed by atoms with E-state index in [4.69, 9.17) is 4.74 Å². The van der Waals surface area contributed by atoms with Crippen molar-refractivity contribution < 1.29 is 4.74 Å². The molecule has 0 aromatic rings. The Bertz CT molecular complexity index is 130. The first-order valence-corrected chi connectivity index (χ1v) is 4.98. The van der Waals surface area contributed by atoms with Crippen LogP contribution in [0.25, 0.3) is 0 Å². The van der Waals surface area contributed by atoms with Crippen LogP contribution >= 0.6 is 0 Å². The summed E-state index contributed by atoms with van der Waals surface area (Å²) in [4.78, 5) is 0.